The number of nitro benzene ring substituents is 1. The molecule has 0 spiro atoms. The van der Waals surface area contributed by atoms with Crippen LogP contribution in [0.2, 0.25) is 0 Å². The molecule has 104 valence electrons. The highest BCUT2D eigenvalue weighted by Gasteiger charge is 2.11. The molecule has 0 saturated carbocycles. The number of ether oxygens (including phenoxy) is 1. The van der Waals surface area contributed by atoms with Crippen LogP contribution in [-0.4, -0.2) is 18.2 Å². The average molecular weight is 451 g/mol. The van der Waals surface area contributed by atoms with E-state index in [0.717, 1.165) is 4.47 Å². The number of aliphatic imine (C=N–C) groups is 1. The van der Waals surface area contributed by atoms with E-state index in [-0.39, 0.29) is 5.69 Å². The van der Waals surface area contributed by atoms with Crippen molar-refractivity contribution < 1.29 is 14.1 Å². The molecule has 0 N–H and O–H groups in total. The van der Waals surface area contributed by atoms with Crippen LogP contribution in [-0.2, 0) is 0 Å². The fourth-order valence-corrected chi connectivity index (χ4v) is 2.17. The summed E-state index contributed by atoms with van der Waals surface area (Å²) in [5.41, 5.74) is 0.317. The van der Waals surface area contributed by atoms with Crippen LogP contribution in [0.4, 0.5) is 11.4 Å². The molecule has 0 aliphatic rings. The van der Waals surface area contributed by atoms with Crippen molar-refractivity contribution >= 4 is 56.1 Å². The molecule has 0 amide bonds. The number of hydrogen-bond donors (Lipinski definition) is 0. The van der Waals surface area contributed by atoms with Gasteiger partial charge in [-0.25, -0.2) is 4.99 Å². The summed E-state index contributed by atoms with van der Waals surface area (Å²) in [6.45, 7) is 0. The third-order valence-corrected chi connectivity index (χ3v) is 4.50. The zero-order valence-electron chi connectivity index (χ0n) is 10.2. The quantitative estimate of drug-likeness (QED) is 0.301. The van der Waals surface area contributed by atoms with Crippen molar-refractivity contribution in [2.75, 3.05) is 7.11 Å². The van der Waals surface area contributed by atoms with Gasteiger partial charge >= 0.3 is 0 Å². The first kappa shape index (κ1) is 15.0. The van der Waals surface area contributed by atoms with Crippen LogP contribution in [0.25, 0.3) is 0 Å². The van der Waals surface area contributed by atoms with Crippen molar-refractivity contribution in [2.24, 2.45) is 4.99 Å². The van der Waals surface area contributed by atoms with Gasteiger partial charge in [0.05, 0.1) is 22.7 Å². The molecular formula is C12H8BrIN2O4. The van der Waals surface area contributed by atoms with Crippen molar-refractivity contribution in [1.82, 2.24) is 0 Å². The third-order valence-electron chi connectivity index (χ3n) is 2.37. The fraction of sp³-hybridized carbons (Fsp3) is 0.0833. The highest BCUT2D eigenvalue weighted by molar-refractivity contribution is 14.1. The van der Waals surface area contributed by atoms with Gasteiger partial charge in [0.1, 0.15) is 17.2 Å². The predicted octanol–water partition coefficient (Wildman–Crippen LogP) is 4.31. The minimum Gasteiger partial charge on any atom is -0.494 e. The summed E-state index contributed by atoms with van der Waals surface area (Å²) in [5.74, 6) is 0.988. The molecule has 2 rings (SSSR count). The molecule has 0 saturated heterocycles. The molecule has 0 radical (unpaired) electrons. The Hall–Kier alpha value is -1.42. The van der Waals surface area contributed by atoms with Gasteiger partial charge < -0.3 is 9.15 Å². The molecule has 0 fully saturated rings. The number of non-ortho nitro benzene ring substituents is 1. The summed E-state index contributed by atoms with van der Waals surface area (Å²) in [4.78, 5) is 14.5. The van der Waals surface area contributed by atoms with Crippen LogP contribution in [0.15, 0.2) is 38.1 Å². The molecule has 0 unspecified atom stereocenters. The van der Waals surface area contributed by atoms with E-state index in [0.29, 0.717) is 21.0 Å². The van der Waals surface area contributed by atoms with Crippen molar-refractivity contribution in [3.63, 3.8) is 0 Å². The zero-order valence-corrected chi connectivity index (χ0v) is 13.9. The Morgan fingerprint density at radius 1 is 1.50 bits per heavy atom. The largest absolute Gasteiger partial charge is 0.494 e. The zero-order chi connectivity index (χ0) is 14.7. The Morgan fingerprint density at radius 2 is 2.25 bits per heavy atom. The van der Waals surface area contributed by atoms with Crippen molar-refractivity contribution in [2.45, 2.75) is 0 Å². The van der Waals surface area contributed by atoms with Crippen LogP contribution in [0.3, 0.4) is 0 Å². The summed E-state index contributed by atoms with van der Waals surface area (Å²) in [5, 5.41) is 10.8. The highest BCUT2D eigenvalue weighted by atomic mass is 127. The molecule has 8 heteroatoms. The molecular weight excluding hydrogens is 443 g/mol. The van der Waals surface area contributed by atoms with Crippen LogP contribution in [0.5, 0.6) is 5.75 Å². The molecule has 0 atom stereocenters. The second-order valence-corrected chi connectivity index (χ2v) is 5.48. The molecule has 6 nitrogen and oxygen atoms in total. The van der Waals surface area contributed by atoms with Gasteiger partial charge in [-0.05, 0) is 22.0 Å². The van der Waals surface area contributed by atoms with E-state index in [1.807, 2.05) is 22.6 Å². The van der Waals surface area contributed by atoms with Crippen molar-refractivity contribution in [3.8, 4) is 5.75 Å². The number of hydrogen-bond acceptors (Lipinski definition) is 5. The number of rotatable bonds is 4. The van der Waals surface area contributed by atoms with Gasteiger partial charge in [0.2, 0.25) is 0 Å². The van der Waals surface area contributed by atoms with Gasteiger partial charge in [-0.15, -0.1) is 0 Å². The van der Waals surface area contributed by atoms with Gasteiger partial charge in [0.15, 0.2) is 3.77 Å². The van der Waals surface area contributed by atoms with Gasteiger partial charge in [0, 0.05) is 40.8 Å². The Labute approximate surface area is 136 Å². The topological polar surface area (TPSA) is 77.9 Å². The third kappa shape index (κ3) is 3.37. The first-order valence-corrected chi connectivity index (χ1v) is 7.19. The number of methoxy groups -OCH3 is 1. The maximum atomic E-state index is 10.8. The second-order valence-electron chi connectivity index (χ2n) is 3.64. The van der Waals surface area contributed by atoms with E-state index in [9.17, 15) is 10.1 Å². The normalized spacial score (nSPS) is 10.9. The molecule has 0 aliphatic carbocycles. The van der Waals surface area contributed by atoms with Crippen LogP contribution < -0.4 is 4.74 Å². The Morgan fingerprint density at radius 3 is 2.80 bits per heavy atom. The lowest BCUT2D eigenvalue weighted by molar-refractivity contribution is -0.384. The second kappa shape index (κ2) is 6.35. The fourth-order valence-electron chi connectivity index (χ4n) is 1.45. The number of nitro groups is 1. The maximum absolute atomic E-state index is 10.8. The number of nitrogens with zero attached hydrogens (tertiary/aromatic N) is 2. The van der Waals surface area contributed by atoms with Crippen molar-refractivity contribution in [1.29, 1.82) is 0 Å². The smallest absolute Gasteiger partial charge is 0.271 e. The summed E-state index contributed by atoms with van der Waals surface area (Å²) in [6.07, 6.45) is 1.48. The predicted molar refractivity (Wildman–Crippen MR) is 86.0 cm³/mol. The molecule has 2 aromatic rings. The average Bonchev–Trinajstić information content (AvgIpc) is 2.75. The van der Waals surface area contributed by atoms with Crippen molar-refractivity contribution in [3.05, 3.63) is 48.4 Å². The van der Waals surface area contributed by atoms with E-state index < -0.39 is 4.92 Å². The first-order chi connectivity index (χ1) is 9.51. The standard InChI is InChI=1S/C12H8BrIN2O4/c1-19-11-3-2-7(16(17)18)4-10(11)15-6-8-5-9(13)12(14)20-8/h2-6H,1H3. The van der Waals surface area contributed by atoms with Crippen LogP contribution >= 0.6 is 38.5 Å². The SMILES string of the molecule is COc1ccc([N+](=O)[O-])cc1N=Cc1cc(Br)c(I)o1. The summed E-state index contributed by atoms with van der Waals surface area (Å²) < 4.78 is 12.1. The summed E-state index contributed by atoms with van der Waals surface area (Å²) in [6, 6.07) is 5.98. The Balaban J connectivity index is 2.35. The van der Waals surface area contributed by atoms with E-state index >= 15 is 0 Å². The minimum absolute atomic E-state index is 0.0480. The Kier molecular flexibility index (Phi) is 4.76. The van der Waals surface area contributed by atoms with E-state index in [1.165, 1.54) is 31.5 Å². The molecule has 0 aliphatic heterocycles. The van der Waals surface area contributed by atoms with E-state index in [2.05, 4.69) is 20.9 Å². The van der Waals surface area contributed by atoms with Gasteiger partial charge in [-0.1, -0.05) is 0 Å². The molecule has 0 bridgehead atoms. The van der Waals surface area contributed by atoms with Crippen LogP contribution in [0.1, 0.15) is 5.76 Å². The summed E-state index contributed by atoms with van der Waals surface area (Å²) >= 11 is 5.36. The highest BCUT2D eigenvalue weighted by Crippen LogP contribution is 2.31. The van der Waals surface area contributed by atoms with Crippen LogP contribution in [0, 0.1) is 13.9 Å². The molecule has 1 aromatic heterocycles. The molecule has 1 heterocycles. The first-order valence-electron chi connectivity index (χ1n) is 5.32. The minimum atomic E-state index is -0.481. The lowest BCUT2D eigenvalue weighted by Gasteiger charge is -2.03. The lowest BCUT2D eigenvalue weighted by Crippen LogP contribution is -1.89. The monoisotopic (exact) mass is 450 g/mol. The summed E-state index contributed by atoms with van der Waals surface area (Å²) in [7, 11) is 1.48. The lowest BCUT2D eigenvalue weighted by atomic mass is 10.2. The van der Waals surface area contributed by atoms with E-state index in [1.54, 1.807) is 6.07 Å². The Bertz CT molecular complexity index is 665. The van der Waals surface area contributed by atoms with E-state index in [4.69, 9.17) is 9.15 Å². The number of halogens is 2. The number of furan rings is 1. The number of benzene rings is 1. The van der Waals surface area contributed by atoms with Gasteiger partial charge in [-0.2, -0.15) is 0 Å². The van der Waals surface area contributed by atoms with Gasteiger partial charge in [0.25, 0.3) is 5.69 Å². The maximum Gasteiger partial charge on any atom is 0.271 e. The molecule has 1 aromatic carbocycles. The van der Waals surface area contributed by atoms with Gasteiger partial charge in [-0.3, -0.25) is 10.1 Å². The molecule has 20 heavy (non-hydrogen) atoms.